The Morgan fingerprint density at radius 3 is 2.65 bits per heavy atom. The van der Waals surface area contributed by atoms with Gasteiger partial charge in [-0.2, -0.15) is 5.10 Å². The summed E-state index contributed by atoms with van der Waals surface area (Å²) in [5.41, 5.74) is 0.677. The molecule has 0 fully saturated rings. The fourth-order valence-corrected chi connectivity index (χ4v) is 1.54. The Morgan fingerprint density at radius 1 is 1.10 bits per heavy atom. The molecule has 20 heavy (non-hydrogen) atoms. The Hall–Kier alpha value is -2.31. The summed E-state index contributed by atoms with van der Waals surface area (Å²) < 4.78 is 45.4. The van der Waals surface area contributed by atoms with E-state index in [1.165, 1.54) is 24.4 Å². The first kappa shape index (κ1) is 14.1. The van der Waals surface area contributed by atoms with Gasteiger partial charge in [0.05, 0.1) is 6.61 Å². The number of benzene rings is 1. The molecule has 0 saturated heterocycles. The van der Waals surface area contributed by atoms with Crippen LogP contribution in [0.5, 0.6) is 11.6 Å². The number of hydrogen-bond donors (Lipinski definition) is 0. The minimum atomic E-state index is -4.69. The Labute approximate surface area is 113 Å². The highest BCUT2D eigenvalue weighted by Gasteiger charge is 2.31. The summed E-state index contributed by atoms with van der Waals surface area (Å²) in [7, 11) is 0. The highest BCUT2D eigenvalue weighted by Crippen LogP contribution is 2.23. The standard InChI is InChI=1S/C13H11F3N2O2/c14-13(15,16)20-11-4-1-3-10(9-11)6-8-19-12-5-2-7-17-18-12/h1-5,7,9H,6,8H2. The van der Waals surface area contributed by atoms with E-state index in [0.717, 1.165) is 0 Å². The van der Waals surface area contributed by atoms with Crippen molar-refractivity contribution < 1.29 is 22.6 Å². The largest absolute Gasteiger partial charge is 0.573 e. The number of ether oxygens (including phenoxy) is 2. The van der Waals surface area contributed by atoms with Crippen molar-refractivity contribution in [3.8, 4) is 11.6 Å². The zero-order chi connectivity index (χ0) is 14.4. The van der Waals surface area contributed by atoms with Gasteiger partial charge in [-0.1, -0.05) is 12.1 Å². The van der Waals surface area contributed by atoms with Gasteiger partial charge in [-0.15, -0.1) is 18.3 Å². The molecule has 0 atom stereocenters. The van der Waals surface area contributed by atoms with Gasteiger partial charge >= 0.3 is 6.36 Å². The molecule has 0 unspecified atom stereocenters. The van der Waals surface area contributed by atoms with Gasteiger partial charge in [-0.25, -0.2) is 0 Å². The van der Waals surface area contributed by atoms with Crippen molar-refractivity contribution in [1.82, 2.24) is 10.2 Å². The normalized spacial score (nSPS) is 11.2. The monoisotopic (exact) mass is 284 g/mol. The van der Waals surface area contributed by atoms with Crippen LogP contribution < -0.4 is 9.47 Å². The molecule has 2 rings (SSSR count). The fraction of sp³-hybridized carbons (Fsp3) is 0.231. The molecule has 7 heteroatoms. The Kier molecular flexibility index (Phi) is 4.39. The summed E-state index contributed by atoms with van der Waals surface area (Å²) in [6, 6.07) is 9.10. The number of halogens is 3. The molecule has 0 spiro atoms. The first-order valence-corrected chi connectivity index (χ1v) is 5.78. The lowest BCUT2D eigenvalue weighted by molar-refractivity contribution is -0.274. The minimum absolute atomic E-state index is 0.241. The fourth-order valence-electron chi connectivity index (χ4n) is 1.54. The van der Waals surface area contributed by atoms with Gasteiger partial charge in [0, 0.05) is 18.7 Å². The molecule has 2 aromatic rings. The molecule has 0 radical (unpaired) electrons. The molecule has 1 aromatic carbocycles. The van der Waals surface area contributed by atoms with Gasteiger partial charge in [0.2, 0.25) is 5.88 Å². The third-order valence-electron chi connectivity index (χ3n) is 2.32. The number of rotatable bonds is 5. The number of aromatic nitrogens is 2. The molecule has 1 aromatic heterocycles. The minimum Gasteiger partial charge on any atom is -0.476 e. The van der Waals surface area contributed by atoms with Crippen LogP contribution in [0.25, 0.3) is 0 Å². The van der Waals surface area contributed by atoms with Crippen LogP contribution in [0.1, 0.15) is 5.56 Å². The first-order valence-electron chi connectivity index (χ1n) is 5.78. The lowest BCUT2D eigenvalue weighted by Gasteiger charge is -2.10. The maximum absolute atomic E-state index is 12.1. The molecular weight excluding hydrogens is 273 g/mol. The SMILES string of the molecule is FC(F)(F)Oc1cccc(CCOc2cccnn2)c1. The van der Waals surface area contributed by atoms with Crippen molar-refractivity contribution in [2.75, 3.05) is 6.61 Å². The lowest BCUT2D eigenvalue weighted by atomic mass is 10.1. The maximum Gasteiger partial charge on any atom is 0.573 e. The second-order valence-corrected chi connectivity index (χ2v) is 3.86. The number of hydrogen-bond acceptors (Lipinski definition) is 4. The molecule has 0 N–H and O–H groups in total. The van der Waals surface area contributed by atoms with Crippen molar-refractivity contribution in [1.29, 1.82) is 0 Å². The average Bonchev–Trinajstić information content (AvgIpc) is 2.38. The van der Waals surface area contributed by atoms with Crippen LogP contribution in [0.3, 0.4) is 0 Å². The van der Waals surface area contributed by atoms with Gasteiger partial charge in [-0.05, 0) is 23.8 Å². The van der Waals surface area contributed by atoms with Gasteiger partial charge in [-0.3, -0.25) is 0 Å². The smallest absolute Gasteiger partial charge is 0.476 e. The summed E-state index contributed by atoms with van der Waals surface area (Å²) in [6.07, 6.45) is -2.73. The zero-order valence-corrected chi connectivity index (χ0v) is 10.3. The topological polar surface area (TPSA) is 44.2 Å². The maximum atomic E-state index is 12.1. The second kappa shape index (κ2) is 6.23. The first-order chi connectivity index (χ1) is 9.53. The summed E-state index contributed by atoms with van der Waals surface area (Å²) in [4.78, 5) is 0. The molecule has 106 valence electrons. The second-order valence-electron chi connectivity index (χ2n) is 3.86. The van der Waals surface area contributed by atoms with Gasteiger partial charge in [0.15, 0.2) is 0 Å². The van der Waals surface area contributed by atoms with Crippen LogP contribution in [0.15, 0.2) is 42.6 Å². The van der Waals surface area contributed by atoms with E-state index in [1.807, 2.05) is 0 Å². The van der Waals surface area contributed by atoms with Crippen LogP contribution in [0.4, 0.5) is 13.2 Å². The van der Waals surface area contributed by atoms with Crippen molar-refractivity contribution in [3.05, 3.63) is 48.2 Å². The van der Waals surface area contributed by atoms with E-state index >= 15 is 0 Å². The predicted molar refractivity (Wildman–Crippen MR) is 64.4 cm³/mol. The summed E-state index contributed by atoms with van der Waals surface area (Å²) in [5, 5.41) is 7.38. The molecule has 0 aliphatic rings. The molecule has 0 aliphatic heterocycles. The van der Waals surface area contributed by atoms with Crippen molar-refractivity contribution in [2.24, 2.45) is 0 Å². The van der Waals surface area contributed by atoms with Crippen LogP contribution >= 0.6 is 0 Å². The Balaban J connectivity index is 1.88. The zero-order valence-electron chi connectivity index (χ0n) is 10.3. The van der Waals surface area contributed by atoms with E-state index in [4.69, 9.17) is 4.74 Å². The molecule has 0 amide bonds. The van der Waals surface area contributed by atoms with E-state index in [0.29, 0.717) is 17.9 Å². The van der Waals surface area contributed by atoms with Gasteiger partial charge in [0.1, 0.15) is 5.75 Å². The summed E-state index contributed by atoms with van der Waals surface area (Å²) >= 11 is 0. The highest BCUT2D eigenvalue weighted by atomic mass is 19.4. The quantitative estimate of drug-likeness (QED) is 0.846. The van der Waals surface area contributed by atoms with Crippen molar-refractivity contribution >= 4 is 0 Å². The van der Waals surface area contributed by atoms with Crippen molar-refractivity contribution in [2.45, 2.75) is 12.8 Å². The van der Waals surface area contributed by atoms with Crippen LogP contribution in [-0.4, -0.2) is 23.2 Å². The third-order valence-corrected chi connectivity index (χ3v) is 2.32. The average molecular weight is 284 g/mol. The van der Waals surface area contributed by atoms with E-state index in [2.05, 4.69) is 14.9 Å². The highest BCUT2D eigenvalue weighted by molar-refractivity contribution is 5.28. The Morgan fingerprint density at radius 2 is 1.95 bits per heavy atom. The number of nitrogens with zero attached hydrogens (tertiary/aromatic N) is 2. The van der Waals surface area contributed by atoms with E-state index < -0.39 is 6.36 Å². The van der Waals surface area contributed by atoms with E-state index in [1.54, 1.807) is 18.2 Å². The number of alkyl halides is 3. The molecule has 0 saturated carbocycles. The summed E-state index contributed by atoms with van der Waals surface area (Å²) in [6.45, 7) is 0.286. The predicted octanol–water partition coefficient (Wildman–Crippen LogP) is 3.00. The third kappa shape index (κ3) is 4.75. The van der Waals surface area contributed by atoms with Gasteiger partial charge < -0.3 is 9.47 Å². The van der Waals surface area contributed by atoms with Crippen LogP contribution in [0, 0.1) is 0 Å². The lowest BCUT2D eigenvalue weighted by Crippen LogP contribution is -2.17. The van der Waals surface area contributed by atoms with Crippen LogP contribution in [0.2, 0.25) is 0 Å². The van der Waals surface area contributed by atoms with Crippen LogP contribution in [-0.2, 0) is 6.42 Å². The summed E-state index contributed by atoms with van der Waals surface area (Å²) in [5.74, 6) is 0.129. The van der Waals surface area contributed by atoms with E-state index in [-0.39, 0.29) is 12.4 Å². The Bertz CT molecular complexity index is 547. The molecule has 0 bridgehead atoms. The van der Waals surface area contributed by atoms with E-state index in [9.17, 15) is 13.2 Å². The molecule has 4 nitrogen and oxygen atoms in total. The molecule has 0 aliphatic carbocycles. The molecule has 1 heterocycles. The van der Waals surface area contributed by atoms with Crippen molar-refractivity contribution in [3.63, 3.8) is 0 Å². The molecular formula is C13H11F3N2O2. The van der Waals surface area contributed by atoms with Gasteiger partial charge in [0.25, 0.3) is 0 Å².